The maximum atomic E-state index is 4.81. The van der Waals surface area contributed by atoms with Crippen LogP contribution in [0.2, 0.25) is 0 Å². The van der Waals surface area contributed by atoms with E-state index in [1.165, 1.54) is 32.7 Å². The molecule has 4 aromatic carbocycles. The number of hydrogen-bond donors (Lipinski definition) is 0. The van der Waals surface area contributed by atoms with E-state index in [-0.39, 0.29) is 0 Å². The van der Waals surface area contributed by atoms with Gasteiger partial charge in [-0.15, -0.1) is 22.7 Å². The van der Waals surface area contributed by atoms with Gasteiger partial charge in [-0.2, -0.15) is 0 Å². The first kappa shape index (κ1) is 28.2. The smallest absolute Gasteiger partial charge is 0.109 e. The SMILES string of the molecule is c1cnc2c(c1)sc1c(-n3c4ccccc4c4c(-c5cccc6c5c5ccccc5n6-c5ccnc6c5sc5cccnc56)cccc43)ccnc12. The second kappa shape index (κ2) is 10.5. The predicted molar refractivity (Wildman–Crippen MR) is 218 cm³/mol. The molecule has 0 N–H and O–H groups in total. The third kappa shape index (κ3) is 3.72. The molecule has 0 amide bonds. The second-order valence-corrected chi connectivity index (χ2v) is 15.1. The second-order valence-electron chi connectivity index (χ2n) is 13.0. The molecule has 52 heavy (non-hydrogen) atoms. The number of nitrogens with zero attached hydrogens (tertiary/aromatic N) is 6. The van der Waals surface area contributed by atoms with Crippen LogP contribution in [-0.2, 0) is 0 Å². The van der Waals surface area contributed by atoms with Crippen LogP contribution in [0.4, 0.5) is 0 Å². The molecule has 0 spiro atoms. The zero-order chi connectivity index (χ0) is 33.9. The molecular formula is C44H24N6S2. The lowest BCUT2D eigenvalue weighted by molar-refractivity contribution is 1.19. The van der Waals surface area contributed by atoms with Crippen molar-refractivity contribution in [3.05, 3.63) is 146 Å². The van der Waals surface area contributed by atoms with E-state index in [9.17, 15) is 0 Å². The third-order valence-electron chi connectivity index (χ3n) is 10.3. The largest absolute Gasteiger partial charge is 0.308 e. The molecule has 242 valence electrons. The van der Waals surface area contributed by atoms with Gasteiger partial charge in [0.05, 0.1) is 52.2 Å². The lowest BCUT2D eigenvalue weighted by Gasteiger charge is -2.11. The molecule has 0 fully saturated rings. The first-order chi connectivity index (χ1) is 25.8. The quantitative estimate of drug-likeness (QED) is 0.184. The minimum Gasteiger partial charge on any atom is -0.308 e. The van der Waals surface area contributed by atoms with Crippen molar-refractivity contribution >= 4 is 107 Å². The molecule has 8 heteroatoms. The molecule has 0 saturated carbocycles. The topological polar surface area (TPSA) is 61.4 Å². The number of fused-ring (bicyclic) bond motifs is 12. The van der Waals surface area contributed by atoms with Gasteiger partial charge in [-0.1, -0.05) is 60.7 Å². The Bertz CT molecular complexity index is 3210. The van der Waals surface area contributed by atoms with Gasteiger partial charge >= 0.3 is 0 Å². The molecule has 8 aromatic heterocycles. The maximum absolute atomic E-state index is 4.81. The standard InChI is InChI=1S/C44H24N6S2/c1-3-13-29-27(9-1)37-25(11-5-15-31(37)49(29)33-19-23-47-41-39-35(51-43(33)41)17-7-21-45-39)26-12-6-16-32-38(26)28-10-2-4-14-30(28)50(32)34-20-24-48-42-40-36(52-44(34)42)18-8-22-46-40/h1-24H. The lowest BCUT2D eigenvalue weighted by atomic mass is 9.95. The van der Waals surface area contributed by atoms with Gasteiger partial charge in [0.25, 0.3) is 0 Å². The van der Waals surface area contributed by atoms with E-state index in [2.05, 4.69) is 118 Å². The Labute approximate surface area is 303 Å². The van der Waals surface area contributed by atoms with Crippen molar-refractivity contribution in [2.75, 3.05) is 0 Å². The van der Waals surface area contributed by atoms with Crippen LogP contribution < -0.4 is 0 Å². The minimum absolute atomic E-state index is 0.942. The Balaban J connectivity index is 1.18. The summed E-state index contributed by atoms with van der Waals surface area (Å²) in [6.07, 6.45) is 7.54. The fourth-order valence-corrected chi connectivity index (χ4v) is 10.5. The summed E-state index contributed by atoms with van der Waals surface area (Å²) in [6, 6.07) is 43.6. The highest BCUT2D eigenvalue weighted by Crippen LogP contribution is 2.46. The van der Waals surface area contributed by atoms with Gasteiger partial charge in [0, 0.05) is 46.3 Å². The Morgan fingerprint density at radius 3 is 1.31 bits per heavy atom. The van der Waals surface area contributed by atoms with Crippen molar-refractivity contribution in [2.45, 2.75) is 0 Å². The van der Waals surface area contributed by atoms with E-state index in [4.69, 9.17) is 19.9 Å². The normalized spacial score (nSPS) is 12.2. The third-order valence-corrected chi connectivity index (χ3v) is 12.7. The van der Waals surface area contributed by atoms with E-state index in [0.717, 1.165) is 74.3 Å². The van der Waals surface area contributed by atoms with Crippen LogP contribution in [0.3, 0.4) is 0 Å². The van der Waals surface area contributed by atoms with Crippen LogP contribution in [-0.4, -0.2) is 29.1 Å². The van der Waals surface area contributed by atoms with Gasteiger partial charge < -0.3 is 9.13 Å². The highest BCUT2D eigenvalue weighted by atomic mass is 32.1. The summed E-state index contributed by atoms with van der Waals surface area (Å²) in [6.45, 7) is 0. The van der Waals surface area contributed by atoms with Crippen LogP contribution in [0.25, 0.3) is 107 Å². The molecule has 0 radical (unpaired) electrons. The molecule has 8 heterocycles. The van der Waals surface area contributed by atoms with E-state index in [0.29, 0.717) is 0 Å². The predicted octanol–water partition coefficient (Wildman–Crippen LogP) is 11.9. The molecule has 0 atom stereocenters. The summed E-state index contributed by atoms with van der Waals surface area (Å²) >= 11 is 3.51. The fraction of sp³-hybridized carbons (Fsp3) is 0. The molecule has 0 aliphatic rings. The van der Waals surface area contributed by atoms with E-state index >= 15 is 0 Å². The van der Waals surface area contributed by atoms with Crippen LogP contribution in [0, 0.1) is 0 Å². The van der Waals surface area contributed by atoms with Crippen LogP contribution in [0.1, 0.15) is 0 Å². The van der Waals surface area contributed by atoms with E-state index < -0.39 is 0 Å². The number of para-hydroxylation sites is 2. The highest BCUT2D eigenvalue weighted by Gasteiger charge is 2.23. The Kier molecular flexibility index (Phi) is 5.71. The summed E-state index contributed by atoms with van der Waals surface area (Å²) in [5.41, 5.74) is 13.1. The first-order valence-corrected chi connectivity index (χ1v) is 18.8. The molecule has 0 aliphatic heterocycles. The number of benzene rings is 4. The van der Waals surface area contributed by atoms with Gasteiger partial charge in [0.15, 0.2) is 0 Å². The Hall–Kier alpha value is -6.48. The number of pyridine rings is 4. The lowest BCUT2D eigenvalue weighted by Crippen LogP contribution is -1.95. The maximum Gasteiger partial charge on any atom is 0.109 e. The molecule has 0 saturated heterocycles. The average Bonchev–Trinajstić information content (AvgIpc) is 3.95. The van der Waals surface area contributed by atoms with E-state index in [1.54, 1.807) is 22.7 Å². The molecule has 6 nitrogen and oxygen atoms in total. The highest BCUT2D eigenvalue weighted by molar-refractivity contribution is 7.26. The van der Waals surface area contributed by atoms with Crippen molar-refractivity contribution in [2.24, 2.45) is 0 Å². The van der Waals surface area contributed by atoms with Crippen molar-refractivity contribution in [3.63, 3.8) is 0 Å². The zero-order valence-corrected chi connectivity index (χ0v) is 29.0. The van der Waals surface area contributed by atoms with Gasteiger partial charge in [0.1, 0.15) is 22.1 Å². The summed E-state index contributed by atoms with van der Waals surface area (Å²) in [4.78, 5) is 19.0. The minimum atomic E-state index is 0.942. The average molecular weight is 701 g/mol. The number of aromatic nitrogens is 6. The van der Waals surface area contributed by atoms with Gasteiger partial charge in [0.2, 0.25) is 0 Å². The summed E-state index contributed by atoms with van der Waals surface area (Å²) in [7, 11) is 0. The monoisotopic (exact) mass is 700 g/mol. The van der Waals surface area contributed by atoms with Crippen LogP contribution >= 0.6 is 22.7 Å². The Morgan fingerprint density at radius 1 is 0.365 bits per heavy atom. The van der Waals surface area contributed by atoms with Crippen molar-refractivity contribution in [1.29, 1.82) is 0 Å². The molecule has 12 rings (SSSR count). The van der Waals surface area contributed by atoms with E-state index in [1.807, 2.05) is 36.9 Å². The first-order valence-electron chi connectivity index (χ1n) is 17.1. The van der Waals surface area contributed by atoms with Gasteiger partial charge in [-0.3, -0.25) is 19.9 Å². The van der Waals surface area contributed by atoms with Crippen molar-refractivity contribution < 1.29 is 0 Å². The van der Waals surface area contributed by atoms with Crippen LogP contribution in [0.15, 0.2) is 146 Å². The molecule has 0 unspecified atom stereocenters. The number of thiophene rings is 2. The summed E-state index contributed by atoms with van der Waals surface area (Å²) in [5, 5.41) is 4.89. The summed E-state index contributed by atoms with van der Waals surface area (Å²) in [5.74, 6) is 0. The fourth-order valence-electron chi connectivity index (χ4n) is 8.29. The van der Waals surface area contributed by atoms with Crippen molar-refractivity contribution in [1.82, 2.24) is 29.1 Å². The zero-order valence-electron chi connectivity index (χ0n) is 27.4. The summed E-state index contributed by atoms with van der Waals surface area (Å²) < 4.78 is 9.38. The number of hydrogen-bond acceptors (Lipinski definition) is 6. The van der Waals surface area contributed by atoms with Crippen molar-refractivity contribution in [3.8, 4) is 22.5 Å². The van der Waals surface area contributed by atoms with Crippen LogP contribution in [0.5, 0.6) is 0 Å². The van der Waals surface area contributed by atoms with Gasteiger partial charge in [-0.25, -0.2) is 0 Å². The number of rotatable bonds is 3. The molecule has 12 aromatic rings. The molecular weight excluding hydrogens is 677 g/mol. The molecule has 0 bridgehead atoms. The Morgan fingerprint density at radius 2 is 0.808 bits per heavy atom. The van der Waals surface area contributed by atoms with Gasteiger partial charge in [-0.05, 0) is 71.8 Å². The molecule has 0 aliphatic carbocycles.